The van der Waals surface area contributed by atoms with Crippen LogP contribution in [0.15, 0.2) is 11.8 Å². The average Bonchev–Trinajstić information content (AvgIpc) is 3.10. The molecule has 0 aromatic carbocycles. The standard InChI is InChI=1S/C23H38O7Si/c1-26-18(25)14-15-8-9-17-20(27-15)22-21(29-23(30-22)11-6-5-7-12-23)19(28-17)16(24)10-13-31(2,3)4/h10,13,15-17,19-22,24H,5-9,11-12,14H2,1-4H3/b13-10+/t15-,16?,17+,19+,20+,21-,22+/m1/s1. The van der Waals surface area contributed by atoms with Crippen molar-refractivity contribution in [3.05, 3.63) is 11.8 Å². The van der Waals surface area contributed by atoms with Crippen LogP contribution in [0.1, 0.15) is 51.4 Å². The fourth-order valence-corrected chi connectivity index (χ4v) is 6.06. The van der Waals surface area contributed by atoms with Crippen molar-refractivity contribution in [3.8, 4) is 0 Å². The van der Waals surface area contributed by atoms with Gasteiger partial charge in [-0.2, -0.15) is 0 Å². The maximum atomic E-state index is 11.8. The van der Waals surface area contributed by atoms with Gasteiger partial charge in [0.15, 0.2) is 5.79 Å². The molecule has 1 N–H and O–H groups in total. The quantitative estimate of drug-likeness (QED) is 0.505. The number of ether oxygens (including phenoxy) is 5. The van der Waals surface area contributed by atoms with E-state index in [0.717, 1.165) is 32.1 Å². The van der Waals surface area contributed by atoms with Gasteiger partial charge in [-0.3, -0.25) is 4.79 Å². The third-order valence-electron chi connectivity index (χ3n) is 6.86. The van der Waals surface area contributed by atoms with E-state index in [2.05, 4.69) is 25.3 Å². The summed E-state index contributed by atoms with van der Waals surface area (Å²) in [4.78, 5) is 11.8. The van der Waals surface area contributed by atoms with Crippen LogP contribution in [0.3, 0.4) is 0 Å². The Labute approximate surface area is 186 Å². The zero-order valence-electron chi connectivity index (χ0n) is 19.2. The number of methoxy groups -OCH3 is 1. The van der Waals surface area contributed by atoms with Crippen molar-refractivity contribution in [1.82, 2.24) is 0 Å². The van der Waals surface area contributed by atoms with Gasteiger partial charge >= 0.3 is 5.97 Å². The van der Waals surface area contributed by atoms with Crippen molar-refractivity contribution >= 4 is 14.0 Å². The van der Waals surface area contributed by atoms with E-state index in [1.54, 1.807) is 0 Å². The lowest BCUT2D eigenvalue weighted by Gasteiger charge is -2.47. The molecule has 7 nitrogen and oxygen atoms in total. The molecule has 0 amide bonds. The number of aliphatic hydroxyl groups is 1. The van der Waals surface area contributed by atoms with Crippen LogP contribution < -0.4 is 0 Å². The van der Waals surface area contributed by atoms with Gasteiger partial charge in [0, 0.05) is 12.8 Å². The second-order valence-electron chi connectivity index (χ2n) is 10.6. The second kappa shape index (κ2) is 9.23. The molecule has 0 aromatic heterocycles. The molecule has 7 atom stereocenters. The summed E-state index contributed by atoms with van der Waals surface area (Å²) in [7, 11) is -0.0584. The van der Waals surface area contributed by atoms with Crippen molar-refractivity contribution in [1.29, 1.82) is 0 Å². The number of aliphatic hydroxyl groups excluding tert-OH is 1. The van der Waals surface area contributed by atoms with Crippen molar-refractivity contribution in [2.24, 2.45) is 0 Å². The minimum atomic E-state index is -1.46. The van der Waals surface area contributed by atoms with Crippen LogP contribution in [0.5, 0.6) is 0 Å². The lowest BCUT2D eigenvalue weighted by atomic mass is 9.87. The first-order valence-corrected chi connectivity index (χ1v) is 15.4. The topological polar surface area (TPSA) is 83.5 Å². The maximum absolute atomic E-state index is 11.8. The van der Waals surface area contributed by atoms with Gasteiger partial charge in [0.25, 0.3) is 0 Å². The van der Waals surface area contributed by atoms with E-state index in [4.69, 9.17) is 23.7 Å². The first kappa shape index (κ1) is 23.4. The Morgan fingerprint density at radius 1 is 1.10 bits per heavy atom. The Balaban J connectivity index is 1.55. The molecule has 4 aliphatic rings. The molecule has 1 aliphatic carbocycles. The molecular weight excluding hydrogens is 416 g/mol. The highest BCUT2D eigenvalue weighted by molar-refractivity contribution is 6.80. The smallest absolute Gasteiger partial charge is 0.308 e. The molecule has 0 aromatic rings. The van der Waals surface area contributed by atoms with Crippen LogP contribution in [-0.2, 0) is 28.5 Å². The third-order valence-corrected chi connectivity index (χ3v) is 8.05. The minimum Gasteiger partial charge on any atom is -0.469 e. The van der Waals surface area contributed by atoms with Crippen LogP contribution >= 0.6 is 0 Å². The Morgan fingerprint density at radius 2 is 1.81 bits per heavy atom. The number of fused-ring (bicyclic) bond motifs is 3. The minimum absolute atomic E-state index is 0.183. The third kappa shape index (κ3) is 5.25. The highest BCUT2D eigenvalue weighted by atomic mass is 28.3. The summed E-state index contributed by atoms with van der Waals surface area (Å²) in [6, 6.07) is 0. The van der Waals surface area contributed by atoms with Gasteiger partial charge < -0.3 is 28.8 Å². The summed E-state index contributed by atoms with van der Waals surface area (Å²) in [5.41, 5.74) is 2.15. The summed E-state index contributed by atoms with van der Waals surface area (Å²) < 4.78 is 30.7. The summed E-state index contributed by atoms with van der Waals surface area (Å²) in [5, 5.41) is 11.0. The largest absolute Gasteiger partial charge is 0.469 e. The highest BCUT2D eigenvalue weighted by Crippen LogP contribution is 2.48. The molecule has 1 saturated carbocycles. The molecule has 0 radical (unpaired) electrons. The zero-order valence-corrected chi connectivity index (χ0v) is 20.2. The van der Waals surface area contributed by atoms with Crippen LogP contribution in [0.4, 0.5) is 0 Å². The Kier molecular flexibility index (Phi) is 6.96. The lowest BCUT2D eigenvalue weighted by molar-refractivity contribution is -0.250. The Bertz CT molecular complexity index is 669. The van der Waals surface area contributed by atoms with Crippen molar-refractivity contribution in [2.75, 3.05) is 7.11 Å². The van der Waals surface area contributed by atoms with E-state index in [1.807, 2.05) is 6.08 Å². The van der Waals surface area contributed by atoms with Gasteiger partial charge in [0.2, 0.25) is 0 Å². The number of rotatable bonds is 5. The molecule has 3 aliphatic heterocycles. The second-order valence-corrected chi connectivity index (χ2v) is 15.6. The van der Waals surface area contributed by atoms with Gasteiger partial charge in [0.05, 0.1) is 33.8 Å². The van der Waals surface area contributed by atoms with Gasteiger partial charge in [-0.1, -0.05) is 37.8 Å². The maximum Gasteiger partial charge on any atom is 0.308 e. The summed E-state index contributed by atoms with van der Waals surface area (Å²) in [6.45, 7) is 6.71. The van der Waals surface area contributed by atoms with E-state index in [9.17, 15) is 9.90 Å². The SMILES string of the molecule is COC(=O)C[C@H]1CC[C@@H]2O[C@@H](C(O)/C=C/[Si](C)(C)C)[C@H]3OC4(CCCCC4)O[C@H]3[C@H]2O1. The monoisotopic (exact) mass is 454 g/mol. The Morgan fingerprint density at radius 3 is 2.48 bits per heavy atom. The van der Waals surface area contributed by atoms with Gasteiger partial charge in [-0.25, -0.2) is 0 Å². The molecule has 4 rings (SSSR count). The molecule has 8 heteroatoms. The molecule has 3 heterocycles. The van der Waals surface area contributed by atoms with Crippen LogP contribution in [0.2, 0.25) is 19.6 Å². The first-order valence-electron chi connectivity index (χ1n) is 11.8. The van der Waals surface area contributed by atoms with Crippen molar-refractivity contribution in [2.45, 2.75) is 120 Å². The fraction of sp³-hybridized carbons (Fsp3) is 0.870. The molecular formula is C23H38O7Si. The van der Waals surface area contributed by atoms with Crippen molar-refractivity contribution in [3.63, 3.8) is 0 Å². The molecule has 1 unspecified atom stereocenters. The van der Waals surface area contributed by atoms with Gasteiger partial charge in [-0.15, -0.1) is 0 Å². The molecule has 176 valence electrons. The number of carbonyl (C=O) groups is 1. The summed E-state index contributed by atoms with van der Waals surface area (Å²) >= 11 is 0. The van der Waals surface area contributed by atoms with E-state index >= 15 is 0 Å². The van der Waals surface area contributed by atoms with E-state index in [1.165, 1.54) is 13.5 Å². The zero-order chi connectivity index (χ0) is 22.2. The summed E-state index contributed by atoms with van der Waals surface area (Å²) in [5.74, 6) is -0.876. The van der Waals surface area contributed by atoms with E-state index in [0.29, 0.717) is 6.42 Å². The van der Waals surface area contributed by atoms with Crippen LogP contribution in [0.25, 0.3) is 0 Å². The van der Waals surface area contributed by atoms with Gasteiger partial charge in [-0.05, 0) is 25.7 Å². The number of esters is 1. The van der Waals surface area contributed by atoms with E-state index in [-0.39, 0.29) is 36.8 Å². The fourth-order valence-electron chi connectivity index (χ4n) is 5.29. The number of hydrogen-bond acceptors (Lipinski definition) is 7. The molecule has 4 fully saturated rings. The highest BCUT2D eigenvalue weighted by Gasteiger charge is 2.60. The normalized spacial score (nSPS) is 38.6. The number of hydrogen-bond donors (Lipinski definition) is 1. The van der Waals surface area contributed by atoms with Crippen molar-refractivity contribution < 1.29 is 33.6 Å². The van der Waals surface area contributed by atoms with Crippen LogP contribution in [0, 0.1) is 0 Å². The van der Waals surface area contributed by atoms with Crippen LogP contribution in [-0.4, -0.2) is 74.8 Å². The van der Waals surface area contributed by atoms with E-state index < -0.39 is 32.2 Å². The molecule has 0 bridgehead atoms. The number of carbonyl (C=O) groups excluding carboxylic acids is 1. The first-order chi connectivity index (χ1) is 14.7. The molecule has 31 heavy (non-hydrogen) atoms. The summed E-state index contributed by atoms with van der Waals surface area (Å²) in [6.07, 6.45) is 6.00. The lowest BCUT2D eigenvalue weighted by Crippen LogP contribution is -2.62. The average molecular weight is 455 g/mol. The predicted molar refractivity (Wildman–Crippen MR) is 117 cm³/mol. The molecule has 3 saturated heterocycles. The molecule has 1 spiro atoms. The predicted octanol–water partition coefficient (Wildman–Crippen LogP) is 3.10. The Hall–Kier alpha value is -0.773. The van der Waals surface area contributed by atoms with Gasteiger partial charge in [0.1, 0.15) is 30.5 Å².